The summed E-state index contributed by atoms with van der Waals surface area (Å²) < 4.78 is 12.5. The Labute approximate surface area is 59.1 Å². The molecule has 2 N–H and O–H groups in total. The zero-order valence-corrected chi connectivity index (χ0v) is 5.47. The summed E-state index contributed by atoms with van der Waals surface area (Å²) in [5.74, 6) is -0.215. The van der Waals surface area contributed by atoms with Crippen LogP contribution in [0, 0.1) is 5.82 Å². The number of hydrogen-bond donors (Lipinski definition) is 0. The van der Waals surface area contributed by atoms with E-state index in [2.05, 4.69) is 6.58 Å². The number of rotatable bonds is 1. The molecule has 0 amide bonds. The molecule has 0 heterocycles. The van der Waals surface area contributed by atoms with Crippen molar-refractivity contribution >= 4 is 6.08 Å². The summed E-state index contributed by atoms with van der Waals surface area (Å²) in [5.41, 5.74) is 0.553. The summed E-state index contributed by atoms with van der Waals surface area (Å²) in [6, 6.07) is 6.53. The Balaban J connectivity index is 0.000000810. The van der Waals surface area contributed by atoms with Gasteiger partial charge in [0.05, 0.1) is 0 Å². The molecule has 0 unspecified atom stereocenters. The van der Waals surface area contributed by atoms with E-state index in [1.54, 1.807) is 18.2 Å². The standard InChI is InChI=1S/C8H7F.H2O/c1-2-7-5-3-4-6-8(7)9;/h2-6H,1H2;1H2. The lowest BCUT2D eigenvalue weighted by Gasteiger charge is -1.91. The largest absolute Gasteiger partial charge is 0.412 e. The van der Waals surface area contributed by atoms with Gasteiger partial charge in [-0.05, 0) is 6.07 Å². The van der Waals surface area contributed by atoms with Crippen LogP contribution in [0.15, 0.2) is 30.8 Å². The minimum atomic E-state index is -0.215. The van der Waals surface area contributed by atoms with Crippen molar-refractivity contribution in [3.63, 3.8) is 0 Å². The highest BCUT2D eigenvalue weighted by Gasteiger charge is 1.91. The summed E-state index contributed by atoms with van der Waals surface area (Å²) in [7, 11) is 0. The van der Waals surface area contributed by atoms with Crippen molar-refractivity contribution in [2.45, 2.75) is 0 Å². The molecule has 0 spiro atoms. The SMILES string of the molecule is C=Cc1ccccc1F.O. The third kappa shape index (κ3) is 1.67. The molecule has 1 aromatic carbocycles. The van der Waals surface area contributed by atoms with Crippen LogP contribution in [-0.2, 0) is 0 Å². The molecule has 0 bridgehead atoms. The molecule has 0 saturated heterocycles. The lowest BCUT2D eigenvalue weighted by Crippen LogP contribution is -1.76. The fourth-order valence-corrected chi connectivity index (χ4v) is 0.641. The lowest BCUT2D eigenvalue weighted by atomic mass is 10.2. The molecule has 1 aromatic rings. The average molecular weight is 140 g/mol. The van der Waals surface area contributed by atoms with E-state index in [1.165, 1.54) is 12.1 Å². The summed E-state index contributed by atoms with van der Waals surface area (Å²) in [6.45, 7) is 3.45. The van der Waals surface area contributed by atoms with Gasteiger partial charge in [0.25, 0.3) is 0 Å². The first-order valence-electron chi connectivity index (χ1n) is 2.71. The van der Waals surface area contributed by atoms with Crippen LogP contribution in [0.2, 0.25) is 0 Å². The molecular weight excluding hydrogens is 131 g/mol. The van der Waals surface area contributed by atoms with Crippen LogP contribution >= 0.6 is 0 Å². The maximum atomic E-state index is 12.5. The molecule has 0 saturated carbocycles. The van der Waals surface area contributed by atoms with E-state index in [0.29, 0.717) is 5.56 Å². The zero-order chi connectivity index (χ0) is 6.69. The van der Waals surface area contributed by atoms with Crippen molar-refractivity contribution in [1.82, 2.24) is 0 Å². The predicted molar refractivity (Wildman–Crippen MR) is 40.1 cm³/mol. The molecule has 0 aromatic heterocycles. The minimum Gasteiger partial charge on any atom is -0.412 e. The second kappa shape index (κ2) is 3.80. The van der Waals surface area contributed by atoms with Gasteiger partial charge >= 0.3 is 0 Å². The van der Waals surface area contributed by atoms with Crippen LogP contribution < -0.4 is 0 Å². The van der Waals surface area contributed by atoms with Gasteiger partial charge in [0.2, 0.25) is 0 Å². The monoisotopic (exact) mass is 140 g/mol. The van der Waals surface area contributed by atoms with Crippen molar-refractivity contribution in [3.8, 4) is 0 Å². The Kier molecular flexibility index (Phi) is 3.36. The predicted octanol–water partition coefficient (Wildman–Crippen LogP) is 1.64. The van der Waals surface area contributed by atoms with Crippen LogP contribution in [-0.4, -0.2) is 5.48 Å². The molecule has 1 rings (SSSR count). The van der Waals surface area contributed by atoms with Gasteiger partial charge in [-0.3, -0.25) is 0 Å². The number of halogens is 1. The van der Waals surface area contributed by atoms with E-state index in [4.69, 9.17) is 0 Å². The van der Waals surface area contributed by atoms with Gasteiger partial charge in [0, 0.05) is 5.56 Å². The lowest BCUT2D eigenvalue weighted by molar-refractivity contribution is 0.625. The van der Waals surface area contributed by atoms with E-state index in [1.807, 2.05) is 0 Å². The molecule has 2 heteroatoms. The van der Waals surface area contributed by atoms with Crippen LogP contribution in [0.4, 0.5) is 4.39 Å². The maximum absolute atomic E-state index is 12.5. The van der Waals surface area contributed by atoms with Crippen LogP contribution in [0.3, 0.4) is 0 Å². The van der Waals surface area contributed by atoms with Crippen molar-refractivity contribution in [3.05, 3.63) is 42.2 Å². The quantitative estimate of drug-likeness (QED) is 0.568. The molecule has 0 aliphatic heterocycles. The van der Waals surface area contributed by atoms with Crippen molar-refractivity contribution in [2.24, 2.45) is 0 Å². The van der Waals surface area contributed by atoms with Gasteiger partial charge in [-0.2, -0.15) is 0 Å². The van der Waals surface area contributed by atoms with E-state index in [0.717, 1.165) is 0 Å². The average Bonchev–Trinajstić information content (AvgIpc) is 1.89. The first-order valence-corrected chi connectivity index (χ1v) is 2.71. The first kappa shape index (κ1) is 8.85. The molecule has 54 valence electrons. The van der Waals surface area contributed by atoms with E-state index in [9.17, 15) is 4.39 Å². The zero-order valence-electron chi connectivity index (χ0n) is 5.47. The van der Waals surface area contributed by atoms with Gasteiger partial charge in [0.15, 0.2) is 0 Å². The van der Waals surface area contributed by atoms with Gasteiger partial charge in [-0.25, -0.2) is 4.39 Å². The Morgan fingerprint density at radius 3 is 2.30 bits per heavy atom. The number of benzene rings is 1. The maximum Gasteiger partial charge on any atom is 0.130 e. The molecular formula is C8H9FO. The Morgan fingerprint density at radius 1 is 1.30 bits per heavy atom. The number of hydrogen-bond acceptors (Lipinski definition) is 0. The van der Waals surface area contributed by atoms with Crippen molar-refractivity contribution < 1.29 is 9.87 Å². The summed E-state index contributed by atoms with van der Waals surface area (Å²) >= 11 is 0. The topological polar surface area (TPSA) is 31.5 Å². The van der Waals surface area contributed by atoms with Gasteiger partial charge in [0.1, 0.15) is 5.82 Å². The van der Waals surface area contributed by atoms with Crippen LogP contribution in [0.1, 0.15) is 5.56 Å². The normalized spacial score (nSPS) is 8.10. The fourth-order valence-electron chi connectivity index (χ4n) is 0.641. The molecule has 0 atom stereocenters. The van der Waals surface area contributed by atoms with E-state index < -0.39 is 0 Å². The highest BCUT2D eigenvalue weighted by molar-refractivity contribution is 5.46. The van der Waals surface area contributed by atoms with E-state index in [-0.39, 0.29) is 11.3 Å². The van der Waals surface area contributed by atoms with Crippen LogP contribution in [0.25, 0.3) is 6.08 Å². The minimum absolute atomic E-state index is 0. The first-order chi connectivity index (χ1) is 4.34. The van der Waals surface area contributed by atoms with Crippen LogP contribution in [0.5, 0.6) is 0 Å². The summed E-state index contributed by atoms with van der Waals surface area (Å²) in [5, 5.41) is 0. The van der Waals surface area contributed by atoms with E-state index >= 15 is 0 Å². The highest BCUT2D eigenvalue weighted by atomic mass is 19.1. The molecule has 0 aliphatic carbocycles. The second-order valence-corrected chi connectivity index (χ2v) is 1.73. The highest BCUT2D eigenvalue weighted by Crippen LogP contribution is 2.05. The smallest absolute Gasteiger partial charge is 0.130 e. The van der Waals surface area contributed by atoms with Gasteiger partial charge < -0.3 is 5.48 Å². The Bertz CT molecular complexity index is 220. The molecule has 1 nitrogen and oxygen atoms in total. The van der Waals surface area contributed by atoms with Crippen molar-refractivity contribution in [2.75, 3.05) is 0 Å². The third-order valence-electron chi connectivity index (χ3n) is 1.13. The van der Waals surface area contributed by atoms with Gasteiger partial charge in [-0.15, -0.1) is 0 Å². The Morgan fingerprint density at radius 2 is 1.90 bits per heavy atom. The molecule has 0 radical (unpaired) electrons. The fraction of sp³-hybridized carbons (Fsp3) is 0. The third-order valence-corrected chi connectivity index (χ3v) is 1.13. The second-order valence-electron chi connectivity index (χ2n) is 1.73. The van der Waals surface area contributed by atoms with Crippen molar-refractivity contribution in [1.29, 1.82) is 0 Å². The molecule has 0 aliphatic rings. The summed E-state index contributed by atoms with van der Waals surface area (Å²) in [4.78, 5) is 0. The summed E-state index contributed by atoms with van der Waals surface area (Å²) in [6.07, 6.45) is 1.50. The molecule has 0 fully saturated rings. The Hall–Kier alpha value is -1.15. The van der Waals surface area contributed by atoms with Gasteiger partial charge in [-0.1, -0.05) is 30.9 Å². The molecule has 10 heavy (non-hydrogen) atoms.